The summed E-state index contributed by atoms with van der Waals surface area (Å²) in [5.41, 5.74) is 1.03. The Balaban J connectivity index is 1.55. The number of hydrogen-bond acceptors (Lipinski definition) is 2. The van der Waals surface area contributed by atoms with Crippen molar-refractivity contribution in [2.75, 3.05) is 6.54 Å². The van der Waals surface area contributed by atoms with Gasteiger partial charge in [0.05, 0.1) is 6.42 Å². The Morgan fingerprint density at radius 1 is 1.14 bits per heavy atom. The molecule has 1 amide bonds. The van der Waals surface area contributed by atoms with Gasteiger partial charge in [0.2, 0.25) is 5.91 Å². The van der Waals surface area contributed by atoms with Gasteiger partial charge in [0.1, 0.15) is 5.82 Å². The van der Waals surface area contributed by atoms with Crippen LogP contribution in [0.1, 0.15) is 11.4 Å². The van der Waals surface area contributed by atoms with Crippen LogP contribution in [0, 0.1) is 0 Å². The smallest absolute Gasteiger partial charge is 0.224 e. The summed E-state index contributed by atoms with van der Waals surface area (Å²) in [6, 6.07) is 14.3. The van der Waals surface area contributed by atoms with Crippen LogP contribution in [-0.2, 0) is 17.6 Å². The van der Waals surface area contributed by atoms with E-state index in [-0.39, 0.29) is 5.91 Å². The van der Waals surface area contributed by atoms with Crippen molar-refractivity contribution >= 4 is 16.7 Å². The van der Waals surface area contributed by atoms with E-state index < -0.39 is 0 Å². The molecule has 0 aliphatic heterocycles. The molecule has 106 valence electrons. The lowest BCUT2D eigenvalue weighted by atomic mass is 10.0. The summed E-state index contributed by atoms with van der Waals surface area (Å²) in [6.45, 7) is 0.597. The molecule has 1 aromatic heterocycles. The van der Waals surface area contributed by atoms with Crippen molar-refractivity contribution in [1.29, 1.82) is 0 Å². The van der Waals surface area contributed by atoms with Gasteiger partial charge in [0.25, 0.3) is 0 Å². The Bertz CT molecular complexity index is 735. The van der Waals surface area contributed by atoms with Gasteiger partial charge in [-0.15, -0.1) is 0 Å². The van der Waals surface area contributed by atoms with Crippen LogP contribution in [0.25, 0.3) is 10.8 Å². The Hall–Kier alpha value is -2.62. The molecule has 0 spiro atoms. The van der Waals surface area contributed by atoms with Crippen LogP contribution < -0.4 is 5.32 Å². The maximum atomic E-state index is 11.9. The fourth-order valence-corrected chi connectivity index (χ4v) is 2.35. The van der Waals surface area contributed by atoms with Gasteiger partial charge in [0, 0.05) is 25.4 Å². The van der Waals surface area contributed by atoms with Gasteiger partial charge in [-0.3, -0.25) is 4.79 Å². The highest BCUT2D eigenvalue weighted by molar-refractivity contribution is 5.85. The van der Waals surface area contributed by atoms with E-state index >= 15 is 0 Å². The minimum absolute atomic E-state index is 0.0387. The minimum atomic E-state index is 0.0387. The molecule has 0 unspecified atom stereocenters. The summed E-state index contributed by atoms with van der Waals surface area (Å²) in [6.07, 6.45) is 4.62. The Morgan fingerprint density at radius 3 is 2.81 bits per heavy atom. The van der Waals surface area contributed by atoms with Gasteiger partial charge in [-0.05, 0) is 16.3 Å². The molecule has 0 saturated carbocycles. The molecule has 0 bridgehead atoms. The molecule has 0 aliphatic carbocycles. The lowest BCUT2D eigenvalue weighted by Crippen LogP contribution is -2.27. The molecule has 0 saturated heterocycles. The van der Waals surface area contributed by atoms with E-state index in [4.69, 9.17) is 0 Å². The zero-order valence-corrected chi connectivity index (χ0v) is 11.7. The summed E-state index contributed by atoms with van der Waals surface area (Å²) in [7, 11) is 0. The number of fused-ring (bicyclic) bond motifs is 1. The number of aromatic amines is 1. The van der Waals surface area contributed by atoms with E-state index in [2.05, 4.69) is 39.6 Å². The van der Waals surface area contributed by atoms with Crippen LogP contribution in [0.3, 0.4) is 0 Å². The number of H-pyrrole nitrogens is 1. The minimum Gasteiger partial charge on any atom is -0.355 e. The second-order valence-corrected chi connectivity index (χ2v) is 4.99. The number of nitrogens with one attached hydrogen (secondary N) is 2. The Morgan fingerprint density at radius 2 is 2.00 bits per heavy atom. The maximum absolute atomic E-state index is 11.9. The van der Waals surface area contributed by atoms with Gasteiger partial charge in [-0.25, -0.2) is 4.98 Å². The normalized spacial score (nSPS) is 10.7. The van der Waals surface area contributed by atoms with E-state index in [9.17, 15) is 4.79 Å². The molecule has 2 N–H and O–H groups in total. The predicted octanol–water partition coefficient (Wildman–Crippen LogP) is 2.46. The number of carbonyl (C=O) groups excluding carboxylic acids is 1. The molecule has 4 heteroatoms. The molecule has 1 heterocycles. The molecule has 21 heavy (non-hydrogen) atoms. The van der Waals surface area contributed by atoms with Gasteiger partial charge in [-0.2, -0.15) is 0 Å². The van der Waals surface area contributed by atoms with Crippen LogP contribution in [0.2, 0.25) is 0 Å². The third kappa shape index (κ3) is 3.48. The molecule has 0 atom stereocenters. The molecule has 3 aromatic rings. The van der Waals surface area contributed by atoms with Gasteiger partial charge < -0.3 is 10.3 Å². The van der Waals surface area contributed by atoms with Gasteiger partial charge in [-0.1, -0.05) is 42.5 Å². The van der Waals surface area contributed by atoms with E-state index in [1.54, 1.807) is 12.4 Å². The first-order valence-electron chi connectivity index (χ1n) is 7.04. The number of benzene rings is 2. The zero-order chi connectivity index (χ0) is 14.5. The number of hydrogen-bond donors (Lipinski definition) is 2. The fourth-order valence-electron chi connectivity index (χ4n) is 2.35. The molecule has 0 fully saturated rings. The first-order chi connectivity index (χ1) is 10.3. The van der Waals surface area contributed by atoms with Crippen LogP contribution in [-0.4, -0.2) is 22.4 Å². The van der Waals surface area contributed by atoms with Crippen LogP contribution >= 0.6 is 0 Å². The van der Waals surface area contributed by atoms with Crippen molar-refractivity contribution < 1.29 is 4.79 Å². The number of carbonyl (C=O) groups is 1. The number of imidazole rings is 1. The summed E-state index contributed by atoms with van der Waals surface area (Å²) in [5.74, 6) is 0.929. The first-order valence-corrected chi connectivity index (χ1v) is 7.04. The lowest BCUT2D eigenvalue weighted by Gasteiger charge is -2.05. The van der Waals surface area contributed by atoms with Crippen molar-refractivity contribution in [3.8, 4) is 0 Å². The number of nitrogens with zero attached hydrogens (tertiary/aromatic N) is 1. The molecule has 4 nitrogen and oxygen atoms in total. The number of aromatic nitrogens is 2. The zero-order valence-electron chi connectivity index (χ0n) is 11.7. The lowest BCUT2D eigenvalue weighted by molar-refractivity contribution is -0.120. The van der Waals surface area contributed by atoms with Crippen LogP contribution in [0.4, 0.5) is 0 Å². The summed E-state index contributed by atoms with van der Waals surface area (Å²) < 4.78 is 0. The number of rotatable bonds is 5. The monoisotopic (exact) mass is 279 g/mol. The fraction of sp³-hybridized carbons (Fsp3) is 0.176. The highest BCUT2D eigenvalue weighted by Gasteiger charge is 2.04. The van der Waals surface area contributed by atoms with Crippen molar-refractivity contribution in [3.05, 3.63) is 66.2 Å². The highest BCUT2D eigenvalue weighted by Crippen LogP contribution is 2.15. The summed E-state index contributed by atoms with van der Waals surface area (Å²) >= 11 is 0. The molecule has 0 radical (unpaired) electrons. The maximum Gasteiger partial charge on any atom is 0.224 e. The van der Waals surface area contributed by atoms with Crippen LogP contribution in [0.5, 0.6) is 0 Å². The van der Waals surface area contributed by atoms with E-state index in [0.717, 1.165) is 17.8 Å². The van der Waals surface area contributed by atoms with Crippen molar-refractivity contribution in [2.45, 2.75) is 12.8 Å². The topological polar surface area (TPSA) is 57.8 Å². The quantitative estimate of drug-likeness (QED) is 0.753. The van der Waals surface area contributed by atoms with Crippen molar-refractivity contribution in [1.82, 2.24) is 15.3 Å². The highest BCUT2D eigenvalue weighted by atomic mass is 16.1. The first kappa shape index (κ1) is 13.4. The summed E-state index contributed by atoms with van der Waals surface area (Å²) in [5, 5.41) is 5.28. The van der Waals surface area contributed by atoms with E-state index in [0.29, 0.717) is 13.0 Å². The largest absolute Gasteiger partial charge is 0.355 e. The molecule has 3 rings (SSSR count). The van der Waals surface area contributed by atoms with E-state index in [1.807, 2.05) is 18.2 Å². The number of amides is 1. The van der Waals surface area contributed by atoms with Crippen LogP contribution in [0.15, 0.2) is 54.9 Å². The van der Waals surface area contributed by atoms with Crippen molar-refractivity contribution in [3.63, 3.8) is 0 Å². The molecule has 2 aromatic carbocycles. The molecular weight excluding hydrogens is 262 g/mol. The predicted molar refractivity (Wildman–Crippen MR) is 83.0 cm³/mol. The summed E-state index contributed by atoms with van der Waals surface area (Å²) in [4.78, 5) is 19.1. The third-order valence-electron chi connectivity index (χ3n) is 3.42. The van der Waals surface area contributed by atoms with Crippen molar-refractivity contribution in [2.24, 2.45) is 0 Å². The third-order valence-corrected chi connectivity index (χ3v) is 3.42. The van der Waals surface area contributed by atoms with E-state index in [1.165, 1.54) is 10.8 Å². The molecular formula is C17H17N3O. The SMILES string of the molecule is O=C(Cc1ccc2ccccc2c1)NCCc1ncc[nH]1. The Kier molecular flexibility index (Phi) is 3.96. The van der Waals surface area contributed by atoms with Gasteiger partial charge in [0.15, 0.2) is 0 Å². The van der Waals surface area contributed by atoms with Gasteiger partial charge >= 0.3 is 0 Å². The standard InChI is InChI=1S/C17H17N3O/c21-17(20-8-7-16-18-9-10-19-16)12-13-5-6-14-3-1-2-4-15(14)11-13/h1-6,9-11H,7-8,12H2,(H,18,19)(H,20,21). The average molecular weight is 279 g/mol. The Labute approximate surface area is 123 Å². The molecule has 0 aliphatic rings. The second kappa shape index (κ2) is 6.22. The average Bonchev–Trinajstić information content (AvgIpc) is 3.00. The second-order valence-electron chi connectivity index (χ2n) is 4.99.